The minimum atomic E-state index is -0.240. The molecule has 0 bridgehead atoms. The second kappa shape index (κ2) is 12.3. The summed E-state index contributed by atoms with van der Waals surface area (Å²) in [7, 11) is 6.44. The molecule has 0 amide bonds. The van der Waals surface area contributed by atoms with Gasteiger partial charge in [0.05, 0.1) is 21.3 Å². The van der Waals surface area contributed by atoms with Crippen molar-refractivity contribution in [2.45, 2.75) is 13.0 Å². The van der Waals surface area contributed by atoms with E-state index >= 15 is 0 Å². The van der Waals surface area contributed by atoms with Crippen molar-refractivity contribution in [1.29, 1.82) is 0 Å². The minimum absolute atomic E-state index is 0. The average Bonchev–Trinajstić information content (AvgIpc) is 2.70. The third-order valence-corrected chi connectivity index (χ3v) is 4.10. The Bertz CT molecular complexity index is 787. The lowest BCUT2D eigenvalue weighted by molar-refractivity contribution is 0.322. The number of benzene rings is 2. The maximum absolute atomic E-state index is 13.7. The maximum atomic E-state index is 13.7. The Labute approximate surface area is 182 Å². The van der Waals surface area contributed by atoms with Gasteiger partial charge in [-0.3, -0.25) is 4.99 Å². The van der Waals surface area contributed by atoms with Gasteiger partial charge in [0.2, 0.25) is 5.75 Å². The highest BCUT2D eigenvalue weighted by molar-refractivity contribution is 14.0. The van der Waals surface area contributed by atoms with Crippen LogP contribution in [0.25, 0.3) is 0 Å². The minimum Gasteiger partial charge on any atom is -0.493 e. The summed E-state index contributed by atoms with van der Waals surface area (Å²) in [6.07, 6.45) is 0.684. The summed E-state index contributed by atoms with van der Waals surface area (Å²) < 4.78 is 29.9. The summed E-state index contributed by atoms with van der Waals surface area (Å²) >= 11 is 0. The maximum Gasteiger partial charge on any atom is 0.203 e. The van der Waals surface area contributed by atoms with Crippen LogP contribution in [0, 0.1) is 5.82 Å². The van der Waals surface area contributed by atoms with Crippen molar-refractivity contribution >= 4 is 29.9 Å². The summed E-state index contributed by atoms with van der Waals surface area (Å²) in [5.41, 5.74) is 1.56. The fourth-order valence-electron chi connectivity index (χ4n) is 2.72. The van der Waals surface area contributed by atoms with Crippen LogP contribution in [-0.4, -0.2) is 40.9 Å². The molecular formula is C20H27FIN3O3. The number of nitrogens with zero attached hydrogens (tertiary/aromatic N) is 1. The van der Waals surface area contributed by atoms with Crippen molar-refractivity contribution in [3.8, 4) is 17.2 Å². The summed E-state index contributed by atoms with van der Waals surface area (Å²) in [5, 5.41) is 6.32. The highest BCUT2D eigenvalue weighted by Crippen LogP contribution is 2.39. The van der Waals surface area contributed by atoms with Crippen LogP contribution in [0.15, 0.2) is 41.4 Å². The molecule has 0 aromatic heterocycles. The van der Waals surface area contributed by atoms with Gasteiger partial charge in [0, 0.05) is 31.3 Å². The molecule has 0 heterocycles. The Morgan fingerprint density at radius 1 is 0.929 bits per heavy atom. The zero-order valence-corrected chi connectivity index (χ0v) is 18.9. The number of methoxy groups -OCH3 is 3. The van der Waals surface area contributed by atoms with E-state index in [1.165, 1.54) is 6.07 Å². The zero-order chi connectivity index (χ0) is 19.6. The van der Waals surface area contributed by atoms with E-state index in [9.17, 15) is 4.39 Å². The Hall–Kier alpha value is -2.23. The van der Waals surface area contributed by atoms with Crippen molar-refractivity contribution in [3.63, 3.8) is 0 Å². The molecule has 0 aliphatic rings. The summed E-state index contributed by atoms with van der Waals surface area (Å²) in [4.78, 5) is 4.16. The summed E-state index contributed by atoms with van der Waals surface area (Å²) in [6.45, 7) is 0.967. The molecular weight excluding hydrogens is 476 g/mol. The highest BCUT2D eigenvalue weighted by atomic mass is 127. The number of halogens is 2. The van der Waals surface area contributed by atoms with Gasteiger partial charge in [0.1, 0.15) is 5.82 Å². The first-order valence-electron chi connectivity index (χ1n) is 8.60. The Kier molecular flexibility index (Phi) is 10.4. The van der Waals surface area contributed by atoms with Crippen LogP contribution in [0.3, 0.4) is 0 Å². The number of rotatable bonds is 8. The number of nitrogens with one attached hydrogen (secondary N) is 2. The predicted octanol–water partition coefficient (Wildman–Crippen LogP) is 3.38. The van der Waals surface area contributed by atoms with Crippen molar-refractivity contribution in [3.05, 3.63) is 53.3 Å². The van der Waals surface area contributed by atoms with Gasteiger partial charge >= 0.3 is 0 Å². The molecule has 0 fully saturated rings. The van der Waals surface area contributed by atoms with Crippen LogP contribution < -0.4 is 24.8 Å². The van der Waals surface area contributed by atoms with E-state index in [1.54, 1.807) is 46.6 Å². The van der Waals surface area contributed by atoms with E-state index in [2.05, 4.69) is 15.6 Å². The van der Waals surface area contributed by atoms with E-state index in [1.807, 2.05) is 12.1 Å². The van der Waals surface area contributed by atoms with E-state index < -0.39 is 0 Å². The van der Waals surface area contributed by atoms with Crippen molar-refractivity contribution < 1.29 is 18.6 Å². The average molecular weight is 503 g/mol. The monoisotopic (exact) mass is 503 g/mol. The molecule has 154 valence electrons. The van der Waals surface area contributed by atoms with Crippen LogP contribution in [0.4, 0.5) is 4.39 Å². The third-order valence-electron chi connectivity index (χ3n) is 4.10. The van der Waals surface area contributed by atoms with E-state index in [0.29, 0.717) is 48.3 Å². The molecule has 0 saturated heterocycles. The van der Waals surface area contributed by atoms with Crippen LogP contribution in [0.5, 0.6) is 17.2 Å². The van der Waals surface area contributed by atoms with Gasteiger partial charge in [0.25, 0.3) is 0 Å². The second-order valence-corrected chi connectivity index (χ2v) is 5.69. The molecule has 2 aromatic rings. The first-order chi connectivity index (χ1) is 13.1. The van der Waals surface area contributed by atoms with Crippen LogP contribution >= 0.6 is 24.0 Å². The number of hydrogen-bond donors (Lipinski definition) is 2. The smallest absolute Gasteiger partial charge is 0.203 e. The third kappa shape index (κ3) is 6.15. The van der Waals surface area contributed by atoms with Gasteiger partial charge in [-0.05, 0) is 18.6 Å². The molecule has 8 heteroatoms. The van der Waals surface area contributed by atoms with Crippen LogP contribution in [0.2, 0.25) is 0 Å². The number of guanidine groups is 1. The predicted molar refractivity (Wildman–Crippen MR) is 120 cm³/mol. The number of ether oxygens (including phenoxy) is 3. The van der Waals surface area contributed by atoms with E-state index in [4.69, 9.17) is 14.2 Å². The first-order valence-corrected chi connectivity index (χ1v) is 8.60. The van der Waals surface area contributed by atoms with E-state index in [0.717, 1.165) is 5.56 Å². The lowest BCUT2D eigenvalue weighted by atomic mass is 10.1. The summed E-state index contributed by atoms with van der Waals surface area (Å²) in [6, 6.07) is 10.4. The Morgan fingerprint density at radius 3 is 2.25 bits per heavy atom. The number of aliphatic imine (C=N–C) groups is 1. The van der Waals surface area contributed by atoms with E-state index in [-0.39, 0.29) is 29.8 Å². The molecule has 0 aliphatic heterocycles. The standard InChI is InChI=1S/C20H26FN3O3.HI/c1-22-20(24-13-15-7-5-6-8-16(15)21)23-12-11-14-9-10-17(25-2)19(27-4)18(14)26-3;/h5-10H,11-13H2,1-4H3,(H2,22,23,24);1H. The number of hydrogen-bond acceptors (Lipinski definition) is 4. The van der Waals surface area contributed by atoms with Crippen molar-refractivity contribution in [2.75, 3.05) is 34.9 Å². The largest absolute Gasteiger partial charge is 0.493 e. The lowest BCUT2D eigenvalue weighted by Gasteiger charge is -2.16. The van der Waals surface area contributed by atoms with Crippen LogP contribution in [0.1, 0.15) is 11.1 Å². The van der Waals surface area contributed by atoms with Gasteiger partial charge in [-0.1, -0.05) is 24.3 Å². The molecule has 0 spiro atoms. The van der Waals surface area contributed by atoms with Gasteiger partial charge in [-0.2, -0.15) is 0 Å². The molecule has 0 aliphatic carbocycles. The quantitative estimate of drug-likeness (QED) is 0.329. The van der Waals surface area contributed by atoms with Gasteiger partial charge < -0.3 is 24.8 Å². The van der Waals surface area contributed by atoms with Gasteiger partial charge in [0.15, 0.2) is 17.5 Å². The van der Waals surface area contributed by atoms with Crippen molar-refractivity contribution in [2.24, 2.45) is 4.99 Å². The topological polar surface area (TPSA) is 64.1 Å². The normalized spacial score (nSPS) is 10.7. The fraction of sp³-hybridized carbons (Fsp3) is 0.350. The van der Waals surface area contributed by atoms with Crippen LogP contribution in [-0.2, 0) is 13.0 Å². The molecule has 0 unspecified atom stereocenters. The fourth-order valence-corrected chi connectivity index (χ4v) is 2.72. The zero-order valence-electron chi connectivity index (χ0n) is 16.5. The molecule has 28 heavy (non-hydrogen) atoms. The Morgan fingerprint density at radius 2 is 1.64 bits per heavy atom. The first kappa shape index (κ1) is 23.8. The second-order valence-electron chi connectivity index (χ2n) is 5.69. The molecule has 2 rings (SSSR count). The SMILES string of the molecule is CN=C(NCCc1ccc(OC)c(OC)c1OC)NCc1ccccc1F.I. The van der Waals surface area contributed by atoms with Crippen molar-refractivity contribution in [1.82, 2.24) is 10.6 Å². The van der Waals surface area contributed by atoms with Gasteiger partial charge in [-0.25, -0.2) is 4.39 Å². The molecule has 0 saturated carbocycles. The van der Waals surface area contributed by atoms with Gasteiger partial charge in [-0.15, -0.1) is 24.0 Å². The molecule has 6 nitrogen and oxygen atoms in total. The molecule has 0 radical (unpaired) electrons. The lowest BCUT2D eigenvalue weighted by Crippen LogP contribution is -2.38. The molecule has 0 atom stereocenters. The summed E-state index contributed by atoms with van der Waals surface area (Å²) in [5.74, 6) is 2.19. The molecule has 2 aromatic carbocycles. The highest BCUT2D eigenvalue weighted by Gasteiger charge is 2.15. The molecule has 2 N–H and O–H groups in total. The Balaban J connectivity index is 0.00000392.